The molecule has 0 atom stereocenters. The molecule has 3 aromatic rings. The number of aryl methyl sites for hydroxylation is 1. The number of esters is 1. The Hall–Kier alpha value is -3.65. The molecule has 1 N–H and O–H groups in total. The van der Waals surface area contributed by atoms with Gasteiger partial charge >= 0.3 is 5.97 Å². The van der Waals surface area contributed by atoms with E-state index in [1.54, 1.807) is 36.1 Å². The van der Waals surface area contributed by atoms with E-state index in [0.29, 0.717) is 12.1 Å². The van der Waals surface area contributed by atoms with Gasteiger partial charge in [0.25, 0.3) is 15.9 Å². The van der Waals surface area contributed by atoms with Gasteiger partial charge in [0, 0.05) is 12.2 Å². The summed E-state index contributed by atoms with van der Waals surface area (Å²) in [6.45, 7) is 7.84. The summed E-state index contributed by atoms with van der Waals surface area (Å²) in [5, 5.41) is 0. The van der Waals surface area contributed by atoms with Gasteiger partial charge in [-0.25, -0.2) is 13.2 Å². The summed E-state index contributed by atoms with van der Waals surface area (Å²) in [7, 11) is -3.99. The standard InChI is InChI=1S/C28H30N2O5S/c1-19-13-14-21(28(2,3)4)17-25(19)36(33,34)29-23-11-7-6-10-22(23)27(32)35-18-26(31)30-16-15-20-9-5-8-12-24(20)30/h5-14,17,29H,15-16,18H2,1-4H3. The van der Waals surface area contributed by atoms with E-state index in [9.17, 15) is 18.0 Å². The Morgan fingerprint density at radius 1 is 1.00 bits per heavy atom. The number of para-hydroxylation sites is 2. The first-order valence-electron chi connectivity index (χ1n) is 11.8. The predicted molar refractivity (Wildman–Crippen MR) is 140 cm³/mol. The molecule has 0 spiro atoms. The molecule has 0 fully saturated rings. The molecule has 3 aromatic carbocycles. The van der Waals surface area contributed by atoms with Crippen LogP contribution in [0.2, 0.25) is 0 Å². The molecule has 0 radical (unpaired) electrons. The molecule has 0 saturated heterocycles. The molecule has 36 heavy (non-hydrogen) atoms. The molecule has 188 valence electrons. The molecule has 8 heteroatoms. The van der Waals surface area contributed by atoms with Crippen molar-refractivity contribution in [2.45, 2.75) is 44.4 Å². The molecule has 0 unspecified atom stereocenters. The summed E-state index contributed by atoms with van der Waals surface area (Å²) in [5.41, 5.74) is 3.24. The number of nitrogens with zero attached hydrogens (tertiary/aromatic N) is 1. The third-order valence-electron chi connectivity index (χ3n) is 6.25. The second-order valence-corrected chi connectivity index (χ2v) is 11.5. The highest BCUT2D eigenvalue weighted by atomic mass is 32.2. The smallest absolute Gasteiger partial charge is 0.340 e. The van der Waals surface area contributed by atoms with Crippen LogP contribution in [0.3, 0.4) is 0 Å². The highest BCUT2D eigenvalue weighted by Crippen LogP contribution is 2.29. The number of ether oxygens (including phenoxy) is 1. The van der Waals surface area contributed by atoms with Crippen LogP contribution in [0.15, 0.2) is 71.6 Å². The molecule has 7 nitrogen and oxygen atoms in total. The Kier molecular flexibility index (Phi) is 6.91. The van der Waals surface area contributed by atoms with Gasteiger partial charge < -0.3 is 9.64 Å². The van der Waals surface area contributed by atoms with Gasteiger partial charge in [-0.3, -0.25) is 9.52 Å². The number of hydrogen-bond donors (Lipinski definition) is 1. The van der Waals surface area contributed by atoms with Gasteiger partial charge in [0.15, 0.2) is 6.61 Å². The fourth-order valence-corrected chi connectivity index (χ4v) is 5.54. The molecule has 0 aliphatic carbocycles. The molecule has 1 aliphatic heterocycles. The maximum Gasteiger partial charge on any atom is 0.340 e. The van der Waals surface area contributed by atoms with E-state index in [0.717, 1.165) is 23.2 Å². The number of carbonyl (C=O) groups excluding carboxylic acids is 2. The lowest BCUT2D eigenvalue weighted by Gasteiger charge is -2.21. The van der Waals surface area contributed by atoms with E-state index < -0.39 is 22.6 Å². The molecule has 1 heterocycles. The summed E-state index contributed by atoms with van der Waals surface area (Å²) >= 11 is 0. The van der Waals surface area contributed by atoms with E-state index in [2.05, 4.69) is 4.72 Å². The second-order valence-electron chi connectivity index (χ2n) is 9.88. The van der Waals surface area contributed by atoms with Crippen molar-refractivity contribution in [3.63, 3.8) is 0 Å². The van der Waals surface area contributed by atoms with Gasteiger partial charge in [-0.2, -0.15) is 0 Å². The monoisotopic (exact) mass is 506 g/mol. The summed E-state index contributed by atoms with van der Waals surface area (Å²) in [6, 6.07) is 19.2. The normalized spacial score (nSPS) is 13.3. The van der Waals surface area contributed by atoms with Crippen molar-refractivity contribution in [1.82, 2.24) is 0 Å². The largest absolute Gasteiger partial charge is 0.452 e. The van der Waals surface area contributed by atoms with E-state index in [1.807, 2.05) is 51.1 Å². The first kappa shape index (κ1) is 25.4. The average Bonchev–Trinajstić information content (AvgIpc) is 3.26. The minimum atomic E-state index is -3.99. The van der Waals surface area contributed by atoms with Crippen molar-refractivity contribution in [3.05, 3.63) is 89.0 Å². The number of hydrogen-bond acceptors (Lipinski definition) is 5. The number of carbonyl (C=O) groups is 2. The van der Waals surface area contributed by atoms with Crippen LogP contribution in [0, 0.1) is 6.92 Å². The van der Waals surface area contributed by atoms with Crippen molar-refractivity contribution in [3.8, 4) is 0 Å². The Balaban J connectivity index is 1.51. The molecular weight excluding hydrogens is 476 g/mol. The fraction of sp³-hybridized carbons (Fsp3) is 0.286. The molecule has 1 aliphatic rings. The SMILES string of the molecule is Cc1ccc(C(C)(C)C)cc1S(=O)(=O)Nc1ccccc1C(=O)OCC(=O)N1CCc2ccccc21. The number of benzene rings is 3. The van der Waals surface area contributed by atoms with Crippen molar-refractivity contribution in [1.29, 1.82) is 0 Å². The minimum Gasteiger partial charge on any atom is -0.452 e. The number of fused-ring (bicyclic) bond motifs is 1. The van der Waals surface area contributed by atoms with E-state index in [1.165, 1.54) is 12.1 Å². The van der Waals surface area contributed by atoms with Crippen LogP contribution in [0.5, 0.6) is 0 Å². The third-order valence-corrected chi connectivity index (χ3v) is 7.76. The van der Waals surface area contributed by atoms with Crippen molar-refractivity contribution < 1.29 is 22.7 Å². The summed E-state index contributed by atoms with van der Waals surface area (Å²) in [4.78, 5) is 27.3. The highest BCUT2D eigenvalue weighted by molar-refractivity contribution is 7.92. The maximum atomic E-state index is 13.3. The number of nitrogens with one attached hydrogen (secondary N) is 1. The van der Waals surface area contributed by atoms with Gasteiger partial charge in [-0.15, -0.1) is 0 Å². The van der Waals surface area contributed by atoms with Crippen LogP contribution in [0.25, 0.3) is 0 Å². The first-order chi connectivity index (χ1) is 17.0. The predicted octanol–water partition coefficient (Wildman–Crippen LogP) is 4.84. The summed E-state index contributed by atoms with van der Waals surface area (Å²) in [5.74, 6) is -1.12. The zero-order chi connectivity index (χ0) is 26.1. The van der Waals surface area contributed by atoms with Crippen LogP contribution in [0.4, 0.5) is 11.4 Å². The second kappa shape index (κ2) is 9.78. The van der Waals surface area contributed by atoms with Crippen LogP contribution in [-0.4, -0.2) is 33.4 Å². The first-order valence-corrected chi connectivity index (χ1v) is 13.2. The third kappa shape index (κ3) is 5.28. The van der Waals surface area contributed by atoms with E-state index >= 15 is 0 Å². The van der Waals surface area contributed by atoms with Crippen molar-refractivity contribution in [2.24, 2.45) is 0 Å². The lowest BCUT2D eigenvalue weighted by molar-refractivity contribution is -0.121. The van der Waals surface area contributed by atoms with Crippen LogP contribution in [-0.2, 0) is 31.4 Å². The lowest BCUT2D eigenvalue weighted by Crippen LogP contribution is -2.33. The lowest BCUT2D eigenvalue weighted by atomic mass is 9.87. The number of amides is 1. The topological polar surface area (TPSA) is 92.8 Å². The molecule has 0 bridgehead atoms. The minimum absolute atomic E-state index is 0.0281. The van der Waals surface area contributed by atoms with E-state index in [-0.39, 0.29) is 27.5 Å². The number of sulfonamides is 1. The quantitative estimate of drug-likeness (QED) is 0.483. The van der Waals surface area contributed by atoms with Crippen LogP contribution < -0.4 is 9.62 Å². The van der Waals surface area contributed by atoms with Gasteiger partial charge in [0.2, 0.25) is 0 Å². The molecule has 0 saturated carbocycles. The van der Waals surface area contributed by atoms with Gasteiger partial charge in [-0.1, -0.05) is 63.2 Å². The zero-order valence-corrected chi connectivity index (χ0v) is 21.7. The molecule has 4 rings (SSSR count). The average molecular weight is 507 g/mol. The van der Waals surface area contributed by atoms with Gasteiger partial charge in [0.05, 0.1) is 16.1 Å². The maximum absolute atomic E-state index is 13.3. The van der Waals surface area contributed by atoms with Gasteiger partial charge in [0.1, 0.15) is 0 Å². The zero-order valence-electron chi connectivity index (χ0n) is 20.9. The van der Waals surface area contributed by atoms with Crippen LogP contribution in [0.1, 0.15) is 47.8 Å². The van der Waals surface area contributed by atoms with Crippen LogP contribution >= 0.6 is 0 Å². The summed E-state index contributed by atoms with van der Waals surface area (Å²) < 4.78 is 34.5. The van der Waals surface area contributed by atoms with Crippen molar-refractivity contribution in [2.75, 3.05) is 22.8 Å². The fourth-order valence-electron chi connectivity index (χ4n) is 4.19. The number of rotatable bonds is 6. The molecule has 0 aromatic heterocycles. The molecular formula is C28H30N2O5S. The van der Waals surface area contributed by atoms with Gasteiger partial charge in [-0.05, 0) is 59.7 Å². The Bertz CT molecular complexity index is 1420. The molecule has 1 amide bonds. The Morgan fingerprint density at radius 2 is 1.69 bits per heavy atom. The number of anilines is 2. The Labute approximate surface area is 212 Å². The Morgan fingerprint density at radius 3 is 2.44 bits per heavy atom. The van der Waals surface area contributed by atoms with Crippen molar-refractivity contribution >= 4 is 33.3 Å². The van der Waals surface area contributed by atoms with E-state index in [4.69, 9.17) is 4.74 Å². The summed E-state index contributed by atoms with van der Waals surface area (Å²) in [6.07, 6.45) is 0.746. The highest BCUT2D eigenvalue weighted by Gasteiger charge is 2.27.